The molecule has 0 aliphatic heterocycles. The first-order chi connectivity index (χ1) is 8.97. The average molecular weight is 263 g/mol. The van der Waals surface area contributed by atoms with Crippen LogP contribution in [0.5, 0.6) is 0 Å². The van der Waals surface area contributed by atoms with Crippen LogP contribution in [-0.2, 0) is 14.3 Å². The molecule has 4 heteroatoms. The largest absolute Gasteiger partial charge is 0.456 e. The average Bonchev–Trinajstić information content (AvgIpc) is 2.34. The van der Waals surface area contributed by atoms with Gasteiger partial charge in [-0.25, -0.2) is 0 Å². The van der Waals surface area contributed by atoms with Gasteiger partial charge in [0.2, 0.25) is 0 Å². The first-order valence-electron chi connectivity index (χ1n) is 6.49. The number of anilines is 1. The summed E-state index contributed by atoms with van der Waals surface area (Å²) in [5.74, 6) is -0.190. The molecule has 19 heavy (non-hydrogen) atoms. The van der Waals surface area contributed by atoms with Crippen LogP contribution in [0.2, 0.25) is 0 Å². The molecule has 4 nitrogen and oxygen atoms in total. The number of nitrogens with one attached hydrogen (secondary N) is 1. The number of hydrogen-bond donors (Lipinski definition) is 1. The highest BCUT2D eigenvalue weighted by Gasteiger charge is 2.08. The molecule has 0 radical (unpaired) electrons. The molecular weight excluding hydrogens is 242 g/mol. The Labute approximate surface area is 114 Å². The lowest BCUT2D eigenvalue weighted by atomic mass is 10.1. The predicted octanol–water partition coefficient (Wildman–Crippen LogP) is 2.91. The van der Waals surface area contributed by atoms with E-state index in [2.05, 4.69) is 5.32 Å². The number of hydrogen-bond acceptors (Lipinski definition) is 3. The van der Waals surface area contributed by atoms with Crippen LogP contribution in [0.3, 0.4) is 0 Å². The highest BCUT2D eigenvalue weighted by Crippen LogP contribution is 2.09. The van der Waals surface area contributed by atoms with Crippen molar-refractivity contribution in [3.8, 4) is 0 Å². The molecule has 0 unspecified atom stereocenters. The Morgan fingerprint density at radius 2 is 2.05 bits per heavy atom. The van der Waals surface area contributed by atoms with Crippen LogP contribution in [0.25, 0.3) is 0 Å². The lowest BCUT2D eigenvalue weighted by Crippen LogP contribution is -2.21. The molecule has 0 aromatic heterocycles. The van der Waals surface area contributed by atoms with E-state index in [0.29, 0.717) is 18.0 Å². The van der Waals surface area contributed by atoms with E-state index in [1.54, 1.807) is 6.07 Å². The van der Waals surface area contributed by atoms with Gasteiger partial charge in [0.15, 0.2) is 6.61 Å². The van der Waals surface area contributed by atoms with Crippen molar-refractivity contribution >= 4 is 17.6 Å². The summed E-state index contributed by atoms with van der Waals surface area (Å²) in [4.78, 5) is 22.9. The summed E-state index contributed by atoms with van der Waals surface area (Å²) in [6.07, 6.45) is 1.13. The van der Waals surface area contributed by atoms with Gasteiger partial charge in [-0.2, -0.15) is 0 Å². The minimum Gasteiger partial charge on any atom is -0.456 e. The Bertz CT molecular complexity index is 441. The van der Waals surface area contributed by atoms with Crippen molar-refractivity contribution in [3.63, 3.8) is 0 Å². The van der Waals surface area contributed by atoms with Gasteiger partial charge in [0.25, 0.3) is 5.91 Å². The van der Waals surface area contributed by atoms with Crippen LogP contribution in [0.4, 0.5) is 5.69 Å². The number of carbonyl (C=O) groups excluding carboxylic acids is 2. The zero-order valence-electron chi connectivity index (χ0n) is 11.7. The van der Waals surface area contributed by atoms with Crippen LogP contribution in [0.1, 0.15) is 32.3 Å². The molecule has 104 valence electrons. The third-order valence-corrected chi connectivity index (χ3v) is 2.59. The van der Waals surface area contributed by atoms with Gasteiger partial charge in [-0.05, 0) is 37.0 Å². The fourth-order valence-electron chi connectivity index (χ4n) is 1.54. The van der Waals surface area contributed by atoms with Crippen LogP contribution >= 0.6 is 0 Å². The highest BCUT2D eigenvalue weighted by molar-refractivity contribution is 5.92. The maximum Gasteiger partial charge on any atom is 0.306 e. The minimum absolute atomic E-state index is 0.231. The quantitative estimate of drug-likeness (QED) is 0.803. The summed E-state index contributed by atoms with van der Waals surface area (Å²) in [5.41, 5.74) is 1.77. The minimum atomic E-state index is -0.326. The summed E-state index contributed by atoms with van der Waals surface area (Å²) >= 11 is 0. The van der Waals surface area contributed by atoms with Crippen molar-refractivity contribution in [1.82, 2.24) is 0 Å². The zero-order chi connectivity index (χ0) is 14.3. The molecule has 0 aliphatic carbocycles. The van der Waals surface area contributed by atoms with Crippen molar-refractivity contribution in [1.29, 1.82) is 0 Å². The second kappa shape index (κ2) is 7.56. The first-order valence-corrected chi connectivity index (χ1v) is 6.49. The molecule has 1 amide bonds. The van der Waals surface area contributed by atoms with Crippen molar-refractivity contribution in [3.05, 3.63) is 29.8 Å². The van der Waals surface area contributed by atoms with E-state index in [-0.39, 0.29) is 18.5 Å². The molecule has 0 saturated heterocycles. The Hall–Kier alpha value is -1.84. The fraction of sp³-hybridized carbons (Fsp3) is 0.467. The van der Waals surface area contributed by atoms with E-state index in [4.69, 9.17) is 4.74 Å². The smallest absolute Gasteiger partial charge is 0.306 e. The molecule has 0 heterocycles. The number of amides is 1. The molecule has 1 N–H and O–H groups in total. The monoisotopic (exact) mass is 263 g/mol. The number of ether oxygens (including phenoxy) is 1. The zero-order valence-corrected chi connectivity index (χ0v) is 11.7. The van der Waals surface area contributed by atoms with Crippen molar-refractivity contribution < 1.29 is 14.3 Å². The molecule has 0 spiro atoms. The Morgan fingerprint density at radius 1 is 1.32 bits per heavy atom. The lowest BCUT2D eigenvalue weighted by Gasteiger charge is -2.08. The first kappa shape index (κ1) is 15.2. The number of carbonyl (C=O) groups is 2. The SMILES string of the molecule is Cc1cccc(NC(=O)COC(=O)CCC(C)C)c1. The number of aryl methyl sites for hydroxylation is 1. The lowest BCUT2D eigenvalue weighted by molar-refractivity contribution is -0.147. The Kier molecular flexibility index (Phi) is 6.06. The molecular formula is C15H21NO3. The van der Waals surface area contributed by atoms with Crippen molar-refractivity contribution in [2.75, 3.05) is 11.9 Å². The van der Waals surface area contributed by atoms with Crippen LogP contribution < -0.4 is 5.32 Å². The van der Waals surface area contributed by atoms with Gasteiger partial charge in [0.05, 0.1) is 0 Å². The van der Waals surface area contributed by atoms with E-state index in [1.807, 2.05) is 39.0 Å². The van der Waals surface area contributed by atoms with Gasteiger partial charge in [-0.15, -0.1) is 0 Å². The second-order valence-electron chi connectivity index (χ2n) is 5.01. The van der Waals surface area contributed by atoms with Gasteiger partial charge in [-0.3, -0.25) is 9.59 Å². The fourth-order valence-corrected chi connectivity index (χ4v) is 1.54. The molecule has 1 aromatic carbocycles. The molecule has 1 aromatic rings. The van der Waals surface area contributed by atoms with E-state index in [0.717, 1.165) is 12.0 Å². The van der Waals surface area contributed by atoms with E-state index in [1.165, 1.54) is 0 Å². The summed E-state index contributed by atoms with van der Waals surface area (Å²) < 4.78 is 4.91. The van der Waals surface area contributed by atoms with Crippen LogP contribution in [0, 0.1) is 12.8 Å². The Morgan fingerprint density at radius 3 is 2.68 bits per heavy atom. The van der Waals surface area contributed by atoms with Crippen LogP contribution in [-0.4, -0.2) is 18.5 Å². The standard InChI is InChI=1S/C15H21NO3/c1-11(2)7-8-15(18)19-10-14(17)16-13-6-4-5-12(3)9-13/h4-6,9,11H,7-8,10H2,1-3H3,(H,16,17). The normalized spacial score (nSPS) is 10.3. The van der Waals surface area contributed by atoms with Gasteiger partial charge < -0.3 is 10.1 Å². The van der Waals surface area contributed by atoms with E-state index < -0.39 is 0 Å². The second-order valence-corrected chi connectivity index (χ2v) is 5.01. The summed E-state index contributed by atoms with van der Waals surface area (Å²) in [7, 11) is 0. The molecule has 0 atom stereocenters. The third kappa shape index (κ3) is 6.60. The Balaban J connectivity index is 2.30. The third-order valence-electron chi connectivity index (χ3n) is 2.59. The number of benzene rings is 1. The van der Waals surface area contributed by atoms with Gasteiger partial charge >= 0.3 is 5.97 Å². The van der Waals surface area contributed by atoms with E-state index in [9.17, 15) is 9.59 Å². The van der Waals surface area contributed by atoms with Gasteiger partial charge in [-0.1, -0.05) is 26.0 Å². The van der Waals surface area contributed by atoms with E-state index >= 15 is 0 Å². The topological polar surface area (TPSA) is 55.4 Å². The number of rotatable bonds is 6. The summed E-state index contributed by atoms with van der Waals surface area (Å²) in [5, 5.41) is 2.69. The molecule has 0 saturated carbocycles. The number of esters is 1. The maximum atomic E-state index is 11.6. The molecule has 0 aliphatic rings. The predicted molar refractivity (Wildman–Crippen MR) is 74.8 cm³/mol. The maximum absolute atomic E-state index is 11.6. The molecule has 0 bridgehead atoms. The van der Waals surface area contributed by atoms with Crippen molar-refractivity contribution in [2.45, 2.75) is 33.6 Å². The summed E-state index contributed by atoms with van der Waals surface area (Å²) in [6.45, 7) is 5.79. The van der Waals surface area contributed by atoms with Gasteiger partial charge in [0, 0.05) is 12.1 Å². The van der Waals surface area contributed by atoms with Crippen molar-refractivity contribution in [2.24, 2.45) is 5.92 Å². The molecule has 1 rings (SSSR count). The highest BCUT2D eigenvalue weighted by atomic mass is 16.5. The summed E-state index contributed by atoms with van der Waals surface area (Å²) in [6, 6.07) is 7.46. The van der Waals surface area contributed by atoms with Crippen LogP contribution in [0.15, 0.2) is 24.3 Å². The molecule has 0 fully saturated rings. The van der Waals surface area contributed by atoms with Gasteiger partial charge in [0.1, 0.15) is 0 Å².